The van der Waals surface area contributed by atoms with Gasteiger partial charge in [0.15, 0.2) is 0 Å². The number of hydrazine groups is 1. The zero-order chi connectivity index (χ0) is 24.8. The summed E-state index contributed by atoms with van der Waals surface area (Å²) in [5.74, 6) is 0.678. The first-order valence-corrected chi connectivity index (χ1v) is 13.0. The largest absolute Gasteiger partial charge is 0.497 e. The topological polar surface area (TPSA) is 103 Å². The molecule has 3 aromatic rings. The van der Waals surface area contributed by atoms with Crippen LogP contribution in [0.1, 0.15) is 36.8 Å². The lowest BCUT2D eigenvalue weighted by atomic mass is 10.1. The van der Waals surface area contributed by atoms with Gasteiger partial charge in [-0.25, -0.2) is 13.2 Å². The van der Waals surface area contributed by atoms with E-state index in [9.17, 15) is 18.5 Å². The molecule has 1 aliphatic heterocycles. The van der Waals surface area contributed by atoms with E-state index >= 15 is 0 Å². The number of benzene rings is 3. The number of nitrogens with one attached hydrogen (secondary N) is 1. The minimum Gasteiger partial charge on any atom is -0.497 e. The predicted molar refractivity (Wildman–Crippen MR) is 133 cm³/mol. The third-order valence-corrected chi connectivity index (χ3v) is 7.75. The van der Waals surface area contributed by atoms with E-state index in [0.29, 0.717) is 30.0 Å². The third kappa shape index (κ3) is 5.73. The Morgan fingerprint density at radius 2 is 1.74 bits per heavy atom. The molecule has 0 aliphatic carbocycles. The van der Waals surface area contributed by atoms with Gasteiger partial charge in [-0.15, -0.1) is 4.41 Å². The normalized spacial score (nSPS) is 14.4. The number of hydrogen-bond donors (Lipinski definition) is 1. The molecule has 0 unspecified atom stereocenters. The Morgan fingerprint density at radius 3 is 2.46 bits per heavy atom. The zero-order valence-electron chi connectivity index (χ0n) is 19.6. The SMILES string of the molecule is COc1ccc2cc(S(=O)(=O)N(Cc3cccc(C#N)c3)NC(=O)N3CCCCCC3)ccc2c1. The van der Waals surface area contributed by atoms with Gasteiger partial charge in [0.25, 0.3) is 10.0 Å². The molecule has 1 heterocycles. The van der Waals surface area contributed by atoms with Crippen molar-refractivity contribution in [2.24, 2.45) is 0 Å². The molecule has 0 aromatic heterocycles. The number of nitrogens with zero attached hydrogens (tertiary/aromatic N) is 3. The molecule has 1 fully saturated rings. The molecule has 0 radical (unpaired) electrons. The molecule has 4 rings (SSSR count). The number of carbonyl (C=O) groups is 1. The highest BCUT2D eigenvalue weighted by Gasteiger charge is 2.29. The molecule has 9 heteroatoms. The second kappa shape index (κ2) is 10.8. The van der Waals surface area contributed by atoms with Crippen LogP contribution in [0.5, 0.6) is 5.75 Å². The Labute approximate surface area is 205 Å². The number of sulfonamides is 1. The molecule has 35 heavy (non-hydrogen) atoms. The van der Waals surface area contributed by atoms with Gasteiger partial charge in [-0.2, -0.15) is 5.26 Å². The first-order chi connectivity index (χ1) is 16.9. The number of methoxy groups -OCH3 is 1. The van der Waals surface area contributed by atoms with Crippen LogP contribution in [0.4, 0.5) is 4.79 Å². The van der Waals surface area contributed by atoms with Gasteiger partial charge in [0.05, 0.1) is 30.2 Å². The third-order valence-electron chi connectivity index (χ3n) is 6.10. The quantitative estimate of drug-likeness (QED) is 0.514. The smallest absolute Gasteiger partial charge is 0.332 e. The van der Waals surface area contributed by atoms with Crippen LogP contribution < -0.4 is 10.2 Å². The summed E-state index contributed by atoms with van der Waals surface area (Å²) in [5, 5.41) is 10.8. The van der Waals surface area contributed by atoms with E-state index in [-0.39, 0.29) is 11.4 Å². The van der Waals surface area contributed by atoms with Crippen LogP contribution in [0, 0.1) is 11.3 Å². The molecule has 0 atom stereocenters. The lowest BCUT2D eigenvalue weighted by Gasteiger charge is -2.27. The fourth-order valence-electron chi connectivity index (χ4n) is 4.16. The number of nitriles is 1. The predicted octanol–water partition coefficient (Wildman–Crippen LogP) is 4.41. The van der Waals surface area contributed by atoms with Gasteiger partial charge in [-0.3, -0.25) is 5.43 Å². The number of fused-ring (bicyclic) bond motifs is 1. The highest BCUT2D eigenvalue weighted by molar-refractivity contribution is 7.89. The van der Waals surface area contributed by atoms with Crippen LogP contribution in [0.25, 0.3) is 10.8 Å². The van der Waals surface area contributed by atoms with Crippen molar-refractivity contribution in [3.8, 4) is 11.8 Å². The van der Waals surface area contributed by atoms with E-state index in [1.54, 1.807) is 60.5 Å². The second-order valence-electron chi connectivity index (χ2n) is 8.52. The number of likely N-dealkylation sites (tertiary alicyclic amines) is 1. The Bertz CT molecular complexity index is 1360. The first kappa shape index (κ1) is 24.5. The van der Waals surface area contributed by atoms with E-state index in [1.807, 2.05) is 6.07 Å². The Balaban J connectivity index is 1.68. The van der Waals surface area contributed by atoms with Crippen molar-refractivity contribution in [1.82, 2.24) is 14.7 Å². The van der Waals surface area contributed by atoms with Crippen molar-refractivity contribution in [3.63, 3.8) is 0 Å². The lowest BCUT2D eigenvalue weighted by Crippen LogP contribution is -2.51. The molecule has 0 bridgehead atoms. The van der Waals surface area contributed by atoms with Gasteiger partial charge in [0.2, 0.25) is 0 Å². The molecule has 1 saturated heterocycles. The van der Waals surface area contributed by atoms with Crippen LogP contribution in [-0.2, 0) is 16.6 Å². The van der Waals surface area contributed by atoms with Crippen molar-refractivity contribution in [2.75, 3.05) is 20.2 Å². The van der Waals surface area contributed by atoms with E-state index in [4.69, 9.17) is 4.74 Å². The number of urea groups is 1. The summed E-state index contributed by atoms with van der Waals surface area (Å²) in [4.78, 5) is 14.8. The first-order valence-electron chi connectivity index (χ1n) is 11.6. The second-order valence-corrected chi connectivity index (χ2v) is 10.4. The van der Waals surface area contributed by atoms with Crippen LogP contribution in [0.2, 0.25) is 0 Å². The summed E-state index contributed by atoms with van der Waals surface area (Å²) in [6.07, 6.45) is 3.88. The van der Waals surface area contributed by atoms with Crippen LogP contribution in [-0.4, -0.2) is 44.0 Å². The number of hydrogen-bond acceptors (Lipinski definition) is 5. The Kier molecular flexibility index (Phi) is 7.54. The lowest BCUT2D eigenvalue weighted by molar-refractivity contribution is 0.177. The minimum absolute atomic E-state index is 0.0581. The maximum Gasteiger partial charge on any atom is 0.332 e. The van der Waals surface area contributed by atoms with E-state index in [0.717, 1.165) is 40.9 Å². The number of rotatable bonds is 6. The number of carbonyl (C=O) groups excluding carboxylic acids is 1. The fourth-order valence-corrected chi connectivity index (χ4v) is 5.45. The van der Waals surface area contributed by atoms with Crippen molar-refractivity contribution in [2.45, 2.75) is 37.1 Å². The van der Waals surface area contributed by atoms with Gasteiger partial charge in [-0.05, 0) is 65.6 Å². The zero-order valence-corrected chi connectivity index (χ0v) is 20.4. The molecule has 8 nitrogen and oxygen atoms in total. The van der Waals surface area contributed by atoms with Crippen LogP contribution in [0.3, 0.4) is 0 Å². The molecule has 2 amide bonds. The molecule has 1 N–H and O–H groups in total. The summed E-state index contributed by atoms with van der Waals surface area (Å²) in [6.45, 7) is 1.06. The Morgan fingerprint density at radius 1 is 1.03 bits per heavy atom. The molecular formula is C26H28N4O4S. The van der Waals surface area contributed by atoms with Crippen molar-refractivity contribution in [3.05, 3.63) is 71.8 Å². The summed E-state index contributed by atoms with van der Waals surface area (Å²) in [5.41, 5.74) is 3.64. The van der Waals surface area contributed by atoms with E-state index < -0.39 is 16.1 Å². The van der Waals surface area contributed by atoms with E-state index in [2.05, 4.69) is 11.5 Å². The van der Waals surface area contributed by atoms with Crippen molar-refractivity contribution >= 4 is 26.8 Å². The maximum atomic E-state index is 13.7. The number of amides is 2. The van der Waals surface area contributed by atoms with Gasteiger partial charge >= 0.3 is 6.03 Å². The van der Waals surface area contributed by atoms with Crippen molar-refractivity contribution < 1.29 is 17.9 Å². The molecule has 3 aromatic carbocycles. The minimum atomic E-state index is -4.11. The van der Waals surface area contributed by atoms with Gasteiger partial charge in [-0.1, -0.05) is 37.1 Å². The maximum absolute atomic E-state index is 13.7. The highest BCUT2D eigenvalue weighted by Crippen LogP contribution is 2.26. The molecular weight excluding hydrogens is 464 g/mol. The Hall–Kier alpha value is -3.61. The van der Waals surface area contributed by atoms with Crippen molar-refractivity contribution in [1.29, 1.82) is 5.26 Å². The monoisotopic (exact) mass is 492 g/mol. The summed E-state index contributed by atoms with van der Waals surface area (Å²) in [6, 6.07) is 18.5. The van der Waals surface area contributed by atoms with Crippen LogP contribution in [0.15, 0.2) is 65.6 Å². The number of ether oxygens (including phenoxy) is 1. The molecule has 0 saturated carbocycles. The standard InChI is InChI=1S/C26H28N4O4S/c1-34-24-11-9-23-17-25(12-10-22(23)16-24)35(32,33)30(19-21-8-6-7-20(15-21)18-27)28-26(31)29-13-4-2-3-5-14-29/h6-12,15-17H,2-5,13-14,19H2,1H3,(H,28,31). The van der Waals surface area contributed by atoms with Crippen LogP contribution >= 0.6 is 0 Å². The fraction of sp³-hybridized carbons (Fsp3) is 0.308. The average molecular weight is 493 g/mol. The average Bonchev–Trinajstić information content (AvgIpc) is 3.17. The van der Waals surface area contributed by atoms with Gasteiger partial charge in [0.1, 0.15) is 5.75 Å². The van der Waals surface area contributed by atoms with Gasteiger partial charge < -0.3 is 9.64 Å². The van der Waals surface area contributed by atoms with Gasteiger partial charge in [0, 0.05) is 13.1 Å². The summed E-state index contributed by atoms with van der Waals surface area (Å²) >= 11 is 0. The molecule has 182 valence electrons. The molecule has 1 aliphatic rings. The summed E-state index contributed by atoms with van der Waals surface area (Å²) < 4.78 is 33.7. The molecule has 0 spiro atoms. The van der Waals surface area contributed by atoms with E-state index in [1.165, 1.54) is 6.07 Å². The summed E-state index contributed by atoms with van der Waals surface area (Å²) in [7, 11) is -2.53. The highest BCUT2D eigenvalue weighted by atomic mass is 32.2.